The second kappa shape index (κ2) is 4.80. The van der Waals surface area contributed by atoms with Gasteiger partial charge in [0.15, 0.2) is 0 Å². The number of nitrogens with zero attached hydrogens (tertiary/aromatic N) is 1. The van der Waals surface area contributed by atoms with E-state index in [0.29, 0.717) is 10.2 Å². The predicted molar refractivity (Wildman–Crippen MR) is 56.1 cm³/mol. The minimum Gasteiger partial charge on any atom is -0.323 e. The average Bonchev–Trinajstić information content (AvgIpc) is 2.10. The Labute approximate surface area is 88.1 Å². The molecule has 4 heteroatoms. The molecule has 1 atom stereocenters. The number of pyridine rings is 1. The molecule has 1 aromatic heterocycles. The van der Waals surface area contributed by atoms with Crippen molar-refractivity contribution in [1.82, 2.24) is 4.98 Å². The van der Waals surface area contributed by atoms with Crippen molar-refractivity contribution in [2.45, 2.75) is 25.8 Å². The fraction of sp³-hybridized carbons (Fsp3) is 0.444. The van der Waals surface area contributed by atoms with Crippen LogP contribution in [-0.4, -0.2) is 4.98 Å². The van der Waals surface area contributed by atoms with Gasteiger partial charge in [-0.3, -0.25) is 0 Å². The zero-order valence-corrected chi connectivity index (χ0v) is 8.94. The first kappa shape index (κ1) is 10.8. The molecule has 1 heterocycles. The summed E-state index contributed by atoms with van der Waals surface area (Å²) >= 11 is 11.5. The van der Waals surface area contributed by atoms with Crippen molar-refractivity contribution in [1.29, 1.82) is 0 Å². The van der Waals surface area contributed by atoms with E-state index in [4.69, 9.17) is 28.9 Å². The van der Waals surface area contributed by atoms with Gasteiger partial charge in [0.25, 0.3) is 0 Å². The van der Waals surface area contributed by atoms with Gasteiger partial charge < -0.3 is 5.73 Å². The second-order valence-corrected chi connectivity index (χ2v) is 3.67. The van der Waals surface area contributed by atoms with Gasteiger partial charge in [0.2, 0.25) is 0 Å². The molecule has 1 unspecified atom stereocenters. The summed E-state index contributed by atoms with van der Waals surface area (Å²) in [5, 5.41) is 0.792. The summed E-state index contributed by atoms with van der Waals surface area (Å²) in [6.45, 7) is 2.08. The van der Waals surface area contributed by atoms with Gasteiger partial charge in [0.1, 0.15) is 5.15 Å². The Kier molecular flexibility index (Phi) is 3.97. The Balaban J connectivity index is 2.84. The third kappa shape index (κ3) is 2.83. The summed E-state index contributed by atoms with van der Waals surface area (Å²) in [6, 6.07) is 3.50. The largest absolute Gasteiger partial charge is 0.323 e. The lowest BCUT2D eigenvalue weighted by atomic mass is 10.1. The van der Waals surface area contributed by atoms with Crippen molar-refractivity contribution in [3.8, 4) is 0 Å². The molecule has 0 saturated carbocycles. The summed E-state index contributed by atoms with van der Waals surface area (Å²) in [5.74, 6) is 0. The Hall–Kier alpha value is -0.310. The van der Waals surface area contributed by atoms with Crippen LogP contribution in [0.25, 0.3) is 0 Å². The Morgan fingerprint density at radius 2 is 2.15 bits per heavy atom. The first-order valence-corrected chi connectivity index (χ1v) is 4.98. The van der Waals surface area contributed by atoms with Gasteiger partial charge in [-0.05, 0) is 18.6 Å². The second-order valence-electron chi connectivity index (χ2n) is 2.90. The van der Waals surface area contributed by atoms with Crippen LogP contribution in [0.4, 0.5) is 0 Å². The summed E-state index contributed by atoms with van der Waals surface area (Å²) in [5.41, 5.74) is 6.66. The zero-order chi connectivity index (χ0) is 9.84. The van der Waals surface area contributed by atoms with Crippen molar-refractivity contribution in [2.24, 2.45) is 5.73 Å². The summed E-state index contributed by atoms with van der Waals surface area (Å²) in [6.07, 6.45) is 1.94. The molecule has 0 aliphatic carbocycles. The molecule has 1 rings (SSSR count). The highest BCUT2D eigenvalue weighted by molar-refractivity contribution is 6.41. The average molecular weight is 219 g/mol. The van der Waals surface area contributed by atoms with Gasteiger partial charge in [-0.25, -0.2) is 4.98 Å². The minimum atomic E-state index is -0.0419. The smallest absolute Gasteiger partial charge is 0.147 e. The highest BCUT2D eigenvalue weighted by atomic mass is 35.5. The highest BCUT2D eigenvalue weighted by Crippen LogP contribution is 2.22. The standard InChI is InChI=1S/C9H12Cl2N2/c1-2-3-7(12)8-5-4-6(10)9(11)13-8/h4-5,7H,2-3,12H2,1H3. The van der Waals surface area contributed by atoms with Crippen LogP contribution in [0.15, 0.2) is 12.1 Å². The van der Waals surface area contributed by atoms with E-state index in [2.05, 4.69) is 11.9 Å². The summed E-state index contributed by atoms with van der Waals surface area (Å²) in [7, 11) is 0. The fourth-order valence-corrected chi connectivity index (χ4v) is 1.36. The SMILES string of the molecule is CCCC(N)c1ccc(Cl)c(Cl)n1. The van der Waals surface area contributed by atoms with Crippen LogP contribution < -0.4 is 5.73 Å². The molecule has 0 aliphatic rings. The molecule has 13 heavy (non-hydrogen) atoms. The quantitative estimate of drug-likeness (QED) is 0.793. The topological polar surface area (TPSA) is 38.9 Å². The first-order valence-electron chi connectivity index (χ1n) is 4.22. The van der Waals surface area contributed by atoms with Gasteiger partial charge >= 0.3 is 0 Å². The molecule has 0 radical (unpaired) electrons. The van der Waals surface area contributed by atoms with Crippen LogP contribution in [0.1, 0.15) is 31.5 Å². The van der Waals surface area contributed by atoms with Crippen LogP contribution in [0.5, 0.6) is 0 Å². The van der Waals surface area contributed by atoms with Crippen LogP contribution in [-0.2, 0) is 0 Å². The molecule has 0 aliphatic heterocycles. The van der Waals surface area contributed by atoms with Crippen LogP contribution >= 0.6 is 23.2 Å². The van der Waals surface area contributed by atoms with Gasteiger partial charge in [-0.15, -0.1) is 0 Å². The molecule has 0 spiro atoms. The Morgan fingerprint density at radius 3 is 2.69 bits per heavy atom. The monoisotopic (exact) mass is 218 g/mol. The first-order chi connectivity index (χ1) is 6.15. The van der Waals surface area contributed by atoms with Crippen molar-refractivity contribution in [3.63, 3.8) is 0 Å². The zero-order valence-electron chi connectivity index (χ0n) is 7.43. The van der Waals surface area contributed by atoms with Crippen LogP contribution in [0.2, 0.25) is 10.2 Å². The molecular formula is C9H12Cl2N2. The number of halogens is 2. The van der Waals surface area contributed by atoms with E-state index < -0.39 is 0 Å². The number of hydrogen-bond donors (Lipinski definition) is 1. The predicted octanol–water partition coefficient (Wildman–Crippen LogP) is 3.19. The molecule has 0 saturated heterocycles. The molecule has 2 nitrogen and oxygen atoms in total. The molecule has 72 valence electrons. The number of aromatic nitrogens is 1. The van der Waals surface area contributed by atoms with Gasteiger partial charge in [0, 0.05) is 6.04 Å². The van der Waals surface area contributed by atoms with Crippen molar-refractivity contribution in [2.75, 3.05) is 0 Å². The number of hydrogen-bond acceptors (Lipinski definition) is 2. The lowest BCUT2D eigenvalue weighted by molar-refractivity contribution is 0.622. The van der Waals surface area contributed by atoms with Gasteiger partial charge in [-0.2, -0.15) is 0 Å². The van der Waals surface area contributed by atoms with Crippen molar-refractivity contribution >= 4 is 23.2 Å². The summed E-state index contributed by atoms with van der Waals surface area (Å²) < 4.78 is 0. The van der Waals surface area contributed by atoms with E-state index >= 15 is 0 Å². The van der Waals surface area contributed by atoms with Crippen molar-refractivity contribution < 1.29 is 0 Å². The maximum absolute atomic E-state index is 5.86. The molecule has 0 fully saturated rings. The van der Waals surface area contributed by atoms with Gasteiger partial charge in [0.05, 0.1) is 10.7 Å². The normalized spacial score (nSPS) is 12.9. The van der Waals surface area contributed by atoms with E-state index in [9.17, 15) is 0 Å². The van der Waals surface area contributed by atoms with Gasteiger partial charge in [-0.1, -0.05) is 36.5 Å². The minimum absolute atomic E-state index is 0.0419. The van der Waals surface area contributed by atoms with Crippen molar-refractivity contribution in [3.05, 3.63) is 28.0 Å². The van der Waals surface area contributed by atoms with E-state index in [1.165, 1.54) is 0 Å². The summed E-state index contributed by atoms with van der Waals surface area (Å²) in [4.78, 5) is 4.10. The number of nitrogens with two attached hydrogens (primary N) is 1. The number of rotatable bonds is 3. The van der Waals surface area contributed by atoms with E-state index in [-0.39, 0.29) is 6.04 Å². The maximum Gasteiger partial charge on any atom is 0.147 e. The lowest BCUT2D eigenvalue weighted by Crippen LogP contribution is -2.11. The third-order valence-corrected chi connectivity index (χ3v) is 2.49. The fourth-order valence-electron chi connectivity index (χ4n) is 1.10. The van der Waals surface area contributed by atoms with E-state index in [1.807, 2.05) is 6.07 Å². The lowest BCUT2D eigenvalue weighted by Gasteiger charge is -2.09. The maximum atomic E-state index is 5.86. The molecular weight excluding hydrogens is 207 g/mol. The third-order valence-electron chi connectivity index (χ3n) is 1.80. The molecule has 0 bridgehead atoms. The van der Waals surface area contributed by atoms with E-state index in [0.717, 1.165) is 18.5 Å². The molecule has 0 amide bonds. The molecule has 0 aromatic carbocycles. The Bertz CT molecular complexity index is 289. The molecule has 1 aromatic rings. The molecule has 2 N–H and O–H groups in total. The van der Waals surface area contributed by atoms with Crippen LogP contribution in [0, 0.1) is 0 Å². The Morgan fingerprint density at radius 1 is 1.46 bits per heavy atom. The van der Waals surface area contributed by atoms with E-state index in [1.54, 1.807) is 6.07 Å². The highest BCUT2D eigenvalue weighted by Gasteiger charge is 2.08. The van der Waals surface area contributed by atoms with Crippen LogP contribution in [0.3, 0.4) is 0 Å².